The van der Waals surface area contributed by atoms with E-state index in [4.69, 9.17) is 9.84 Å². The van der Waals surface area contributed by atoms with Crippen LogP contribution in [0.25, 0.3) is 0 Å². The van der Waals surface area contributed by atoms with Crippen LogP contribution in [0, 0.1) is 5.41 Å². The van der Waals surface area contributed by atoms with Crippen LogP contribution in [0.2, 0.25) is 0 Å². The van der Waals surface area contributed by atoms with E-state index in [2.05, 4.69) is 4.90 Å². The molecule has 1 saturated heterocycles. The smallest absolute Gasteiger partial charge is 0.307 e. The number of likely N-dealkylation sites (tertiary alicyclic amines) is 1. The average molecular weight is 335 g/mol. The van der Waals surface area contributed by atoms with E-state index in [1.807, 2.05) is 24.3 Å². The van der Waals surface area contributed by atoms with Crippen LogP contribution in [-0.2, 0) is 22.5 Å². The fourth-order valence-electron chi connectivity index (χ4n) is 3.64. The number of carbonyl (C=O) groups is 1. The van der Waals surface area contributed by atoms with Crippen LogP contribution in [0.5, 0.6) is 0 Å². The SMILES string of the molecule is COCCC[C@]1(CO)CCCN(Cc2ccc(CC(=O)O)cc2)C1. The largest absolute Gasteiger partial charge is 0.481 e. The van der Waals surface area contributed by atoms with E-state index < -0.39 is 5.97 Å². The van der Waals surface area contributed by atoms with E-state index >= 15 is 0 Å². The number of rotatable bonds is 9. The van der Waals surface area contributed by atoms with E-state index in [0.29, 0.717) is 0 Å². The van der Waals surface area contributed by atoms with Gasteiger partial charge in [0.1, 0.15) is 0 Å². The van der Waals surface area contributed by atoms with Crippen molar-refractivity contribution in [3.8, 4) is 0 Å². The van der Waals surface area contributed by atoms with Crippen LogP contribution in [0.15, 0.2) is 24.3 Å². The summed E-state index contributed by atoms with van der Waals surface area (Å²) in [5.41, 5.74) is 2.00. The summed E-state index contributed by atoms with van der Waals surface area (Å²) in [4.78, 5) is 13.1. The first-order valence-electron chi connectivity index (χ1n) is 8.69. The van der Waals surface area contributed by atoms with Crippen LogP contribution in [0.4, 0.5) is 0 Å². The van der Waals surface area contributed by atoms with Crippen molar-refractivity contribution in [2.45, 2.75) is 38.6 Å². The quantitative estimate of drug-likeness (QED) is 0.678. The van der Waals surface area contributed by atoms with E-state index in [9.17, 15) is 9.90 Å². The molecule has 0 spiro atoms. The number of methoxy groups -OCH3 is 1. The number of benzene rings is 1. The second kappa shape index (κ2) is 9.16. The standard InChI is InChI=1S/C19H29NO4/c1-24-11-3-9-19(15-21)8-2-10-20(14-19)13-17-6-4-16(5-7-17)12-18(22)23/h4-7,21H,2-3,8-15H2,1H3,(H,22,23)/t19-/m1/s1. The molecule has 0 aliphatic carbocycles. The van der Waals surface area contributed by atoms with Crippen LogP contribution < -0.4 is 0 Å². The van der Waals surface area contributed by atoms with Gasteiger partial charge in [-0.1, -0.05) is 24.3 Å². The molecule has 0 radical (unpaired) electrons. The fraction of sp³-hybridized carbons (Fsp3) is 0.632. The summed E-state index contributed by atoms with van der Waals surface area (Å²) in [7, 11) is 1.72. The molecule has 0 bridgehead atoms. The molecule has 24 heavy (non-hydrogen) atoms. The number of aliphatic hydroxyl groups is 1. The van der Waals surface area contributed by atoms with E-state index in [1.165, 1.54) is 5.56 Å². The first kappa shape index (κ1) is 18.9. The molecule has 0 unspecified atom stereocenters. The van der Waals surface area contributed by atoms with Gasteiger partial charge in [0.25, 0.3) is 0 Å². The third kappa shape index (κ3) is 5.58. The van der Waals surface area contributed by atoms with Crippen molar-refractivity contribution < 1.29 is 19.7 Å². The van der Waals surface area contributed by atoms with Crippen molar-refractivity contribution in [2.24, 2.45) is 5.41 Å². The third-order valence-electron chi connectivity index (χ3n) is 4.92. The number of hydrogen-bond acceptors (Lipinski definition) is 4. The maximum absolute atomic E-state index is 10.7. The molecule has 1 aliphatic rings. The Hall–Kier alpha value is -1.43. The van der Waals surface area contributed by atoms with Gasteiger partial charge in [0, 0.05) is 38.8 Å². The Morgan fingerprint density at radius 1 is 1.29 bits per heavy atom. The van der Waals surface area contributed by atoms with Crippen molar-refractivity contribution >= 4 is 5.97 Å². The minimum Gasteiger partial charge on any atom is -0.481 e. The van der Waals surface area contributed by atoms with Gasteiger partial charge in [0.05, 0.1) is 6.42 Å². The maximum atomic E-state index is 10.7. The van der Waals surface area contributed by atoms with Gasteiger partial charge in [0.15, 0.2) is 0 Å². The van der Waals surface area contributed by atoms with Gasteiger partial charge in [-0.05, 0) is 43.4 Å². The van der Waals surface area contributed by atoms with Crippen LogP contribution in [0.1, 0.15) is 36.8 Å². The van der Waals surface area contributed by atoms with Gasteiger partial charge in [-0.2, -0.15) is 0 Å². The van der Waals surface area contributed by atoms with Crippen LogP contribution in [-0.4, -0.2) is 54.5 Å². The highest BCUT2D eigenvalue weighted by atomic mass is 16.5. The Morgan fingerprint density at radius 2 is 2.00 bits per heavy atom. The number of aliphatic hydroxyl groups excluding tert-OH is 1. The number of aliphatic carboxylic acids is 1. The lowest BCUT2D eigenvalue weighted by Crippen LogP contribution is -2.45. The van der Waals surface area contributed by atoms with Gasteiger partial charge in [-0.25, -0.2) is 0 Å². The Kier molecular flexibility index (Phi) is 7.21. The van der Waals surface area contributed by atoms with Crippen LogP contribution >= 0.6 is 0 Å². The second-order valence-corrected chi connectivity index (χ2v) is 6.96. The van der Waals surface area contributed by atoms with Gasteiger partial charge in [-0.15, -0.1) is 0 Å². The number of hydrogen-bond donors (Lipinski definition) is 2. The normalized spacial score (nSPS) is 21.8. The Labute approximate surface area is 144 Å². The molecule has 1 aliphatic heterocycles. The molecule has 1 atom stereocenters. The average Bonchev–Trinajstić information content (AvgIpc) is 2.57. The molecule has 0 aromatic heterocycles. The number of piperidine rings is 1. The molecule has 1 aromatic carbocycles. The molecular weight excluding hydrogens is 306 g/mol. The third-order valence-corrected chi connectivity index (χ3v) is 4.92. The van der Waals surface area contributed by atoms with Gasteiger partial charge in [0.2, 0.25) is 0 Å². The lowest BCUT2D eigenvalue weighted by atomic mass is 9.77. The topological polar surface area (TPSA) is 70.0 Å². The predicted molar refractivity (Wildman–Crippen MR) is 92.9 cm³/mol. The first-order chi connectivity index (χ1) is 11.6. The van der Waals surface area contributed by atoms with Crippen molar-refractivity contribution in [3.63, 3.8) is 0 Å². The summed E-state index contributed by atoms with van der Waals surface area (Å²) < 4.78 is 5.15. The van der Waals surface area contributed by atoms with Crippen molar-refractivity contribution in [1.29, 1.82) is 0 Å². The molecule has 134 valence electrons. The minimum atomic E-state index is -0.803. The highest BCUT2D eigenvalue weighted by molar-refractivity contribution is 5.70. The summed E-state index contributed by atoms with van der Waals surface area (Å²) in [6, 6.07) is 7.81. The Morgan fingerprint density at radius 3 is 2.62 bits per heavy atom. The summed E-state index contributed by atoms with van der Waals surface area (Å²) >= 11 is 0. The second-order valence-electron chi connectivity index (χ2n) is 6.96. The molecular formula is C19H29NO4. The maximum Gasteiger partial charge on any atom is 0.307 e. The number of carboxylic acids is 1. The molecule has 0 saturated carbocycles. The monoisotopic (exact) mass is 335 g/mol. The lowest BCUT2D eigenvalue weighted by Gasteiger charge is -2.42. The van der Waals surface area contributed by atoms with E-state index in [1.54, 1.807) is 7.11 Å². The zero-order valence-corrected chi connectivity index (χ0v) is 14.5. The first-order valence-corrected chi connectivity index (χ1v) is 8.69. The lowest BCUT2D eigenvalue weighted by molar-refractivity contribution is -0.136. The minimum absolute atomic E-state index is 0.0139. The van der Waals surface area contributed by atoms with Gasteiger partial charge < -0.3 is 14.9 Å². The zero-order chi connectivity index (χ0) is 17.4. The highest BCUT2D eigenvalue weighted by Gasteiger charge is 2.34. The van der Waals surface area contributed by atoms with Gasteiger partial charge >= 0.3 is 5.97 Å². The molecule has 5 nitrogen and oxygen atoms in total. The molecule has 2 rings (SSSR count). The molecule has 5 heteroatoms. The molecule has 2 N–H and O–H groups in total. The van der Waals surface area contributed by atoms with Crippen LogP contribution in [0.3, 0.4) is 0 Å². The van der Waals surface area contributed by atoms with Crippen molar-refractivity contribution in [1.82, 2.24) is 4.90 Å². The van der Waals surface area contributed by atoms with Crippen molar-refractivity contribution in [3.05, 3.63) is 35.4 Å². The molecule has 1 aromatic rings. The number of ether oxygens (including phenoxy) is 1. The predicted octanol–water partition coefficient (Wildman–Crippen LogP) is 2.31. The molecule has 0 amide bonds. The number of carboxylic acid groups (broad SMARTS) is 1. The zero-order valence-electron chi connectivity index (χ0n) is 14.5. The Balaban J connectivity index is 1.92. The molecule has 1 fully saturated rings. The Bertz CT molecular complexity index is 517. The highest BCUT2D eigenvalue weighted by Crippen LogP contribution is 2.34. The van der Waals surface area contributed by atoms with E-state index in [0.717, 1.165) is 57.5 Å². The number of nitrogens with zero attached hydrogens (tertiary/aromatic N) is 1. The summed E-state index contributed by atoms with van der Waals surface area (Å²) in [6.07, 6.45) is 4.21. The van der Waals surface area contributed by atoms with E-state index in [-0.39, 0.29) is 18.4 Å². The van der Waals surface area contributed by atoms with Crippen molar-refractivity contribution in [2.75, 3.05) is 33.4 Å². The molecule has 1 heterocycles. The summed E-state index contributed by atoms with van der Waals surface area (Å²) in [5, 5.41) is 18.8. The fourth-order valence-corrected chi connectivity index (χ4v) is 3.64. The summed E-state index contributed by atoms with van der Waals surface area (Å²) in [5.74, 6) is -0.803. The van der Waals surface area contributed by atoms with Gasteiger partial charge in [-0.3, -0.25) is 9.69 Å². The summed E-state index contributed by atoms with van der Waals surface area (Å²) in [6.45, 7) is 3.77.